The summed E-state index contributed by atoms with van der Waals surface area (Å²) < 4.78 is 13.4. The van der Waals surface area contributed by atoms with Crippen molar-refractivity contribution in [3.05, 3.63) is 35.1 Å². The van der Waals surface area contributed by atoms with Crippen molar-refractivity contribution in [2.45, 2.75) is 39.3 Å². The van der Waals surface area contributed by atoms with Gasteiger partial charge in [-0.05, 0) is 62.5 Å². The molecule has 0 radical (unpaired) electrons. The number of guanidine groups is 1. The summed E-state index contributed by atoms with van der Waals surface area (Å²) in [5, 5.41) is 15.7. The second-order valence-electron chi connectivity index (χ2n) is 6.81. The first kappa shape index (κ1) is 23.1. The number of nitrogens with one attached hydrogen (secondary N) is 2. The summed E-state index contributed by atoms with van der Waals surface area (Å²) in [7, 11) is 1.74. The van der Waals surface area contributed by atoms with E-state index in [1.165, 1.54) is 32.0 Å². The summed E-state index contributed by atoms with van der Waals surface area (Å²) in [5.74, 6) is 1.23. The quantitative estimate of drug-likeness (QED) is 0.244. The first-order valence-corrected chi connectivity index (χ1v) is 9.17. The molecule has 0 bridgehead atoms. The maximum atomic E-state index is 13.4. The fourth-order valence-corrected chi connectivity index (χ4v) is 3.06. The van der Waals surface area contributed by atoms with Crippen molar-refractivity contribution in [3.63, 3.8) is 0 Å². The van der Waals surface area contributed by atoms with Crippen molar-refractivity contribution >= 4 is 29.9 Å². The number of aliphatic imine (C=N–C) groups is 1. The van der Waals surface area contributed by atoms with E-state index in [0.717, 1.165) is 37.0 Å². The number of nitrogens with zero attached hydrogens (tertiary/aromatic N) is 2. The van der Waals surface area contributed by atoms with Crippen LogP contribution in [0.1, 0.15) is 37.3 Å². The zero-order chi connectivity index (χ0) is 18.1. The van der Waals surface area contributed by atoms with Gasteiger partial charge in [-0.3, -0.25) is 4.99 Å². The molecule has 0 spiro atoms. The Balaban J connectivity index is 0.00000338. The van der Waals surface area contributed by atoms with Gasteiger partial charge in [0.1, 0.15) is 5.82 Å². The van der Waals surface area contributed by atoms with Crippen LogP contribution in [0.3, 0.4) is 0 Å². The topological polar surface area (TPSA) is 59.9 Å². The lowest BCUT2D eigenvalue weighted by atomic mass is 9.99. The van der Waals surface area contributed by atoms with Gasteiger partial charge in [0.25, 0.3) is 0 Å². The third-order valence-electron chi connectivity index (χ3n) is 4.78. The standard InChI is InChI=1S/C19H31FN4O.HI/c1-15-6-10-24(11-7-15)9-3-8-22-19(21-2)23-13-16-4-5-18(20)17(12-16)14-25;/h4-5,12,15,25H,3,6-11,13-14H2,1-2H3,(H2,21,22,23);1H. The molecule has 1 aromatic rings. The molecular weight excluding hydrogens is 446 g/mol. The van der Waals surface area contributed by atoms with Gasteiger partial charge in [-0.1, -0.05) is 13.0 Å². The van der Waals surface area contributed by atoms with Crippen LogP contribution in [0.5, 0.6) is 0 Å². The van der Waals surface area contributed by atoms with Crippen LogP contribution in [0.4, 0.5) is 4.39 Å². The summed E-state index contributed by atoms with van der Waals surface area (Å²) in [4.78, 5) is 6.75. The van der Waals surface area contributed by atoms with E-state index in [-0.39, 0.29) is 36.4 Å². The average Bonchev–Trinajstić information content (AvgIpc) is 2.63. The molecule has 0 aromatic heterocycles. The number of halogens is 2. The Kier molecular flexibility index (Phi) is 11.1. The van der Waals surface area contributed by atoms with E-state index >= 15 is 0 Å². The lowest BCUT2D eigenvalue weighted by Crippen LogP contribution is -2.39. The predicted molar refractivity (Wildman–Crippen MR) is 115 cm³/mol. The highest BCUT2D eigenvalue weighted by atomic mass is 127. The van der Waals surface area contributed by atoms with E-state index in [9.17, 15) is 4.39 Å². The van der Waals surface area contributed by atoms with Crippen LogP contribution >= 0.6 is 24.0 Å². The van der Waals surface area contributed by atoms with Gasteiger partial charge in [-0.25, -0.2) is 4.39 Å². The molecule has 2 rings (SSSR count). The van der Waals surface area contributed by atoms with Crippen LogP contribution in [0.2, 0.25) is 0 Å². The Hall–Kier alpha value is -0.930. The maximum absolute atomic E-state index is 13.4. The molecule has 0 atom stereocenters. The van der Waals surface area contributed by atoms with Crippen LogP contribution in [-0.4, -0.2) is 49.2 Å². The van der Waals surface area contributed by atoms with E-state index in [0.29, 0.717) is 12.1 Å². The number of rotatable bonds is 7. The van der Waals surface area contributed by atoms with E-state index in [2.05, 4.69) is 27.4 Å². The fraction of sp³-hybridized carbons (Fsp3) is 0.632. The Bertz CT molecular complexity index is 562. The number of hydrogen-bond acceptors (Lipinski definition) is 3. The number of aliphatic hydroxyl groups excluding tert-OH is 1. The number of piperidine rings is 1. The molecule has 1 heterocycles. The van der Waals surface area contributed by atoms with Crippen LogP contribution in [0.25, 0.3) is 0 Å². The largest absolute Gasteiger partial charge is 0.392 e. The van der Waals surface area contributed by atoms with Gasteiger partial charge < -0.3 is 20.6 Å². The molecule has 5 nitrogen and oxygen atoms in total. The number of hydrogen-bond donors (Lipinski definition) is 3. The fourth-order valence-electron chi connectivity index (χ4n) is 3.06. The molecule has 1 aliphatic heterocycles. The van der Waals surface area contributed by atoms with Gasteiger partial charge in [0.05, 0.1) is 6.61 Å². The van der Waals surface area contributed by atoms with Gasteiger partial charge in [0.15, 0.2) is 5.96 Å². The predicted octanol–water partition coefficient (Wildman–Crippen LogP) is 2.72. The molecule has 1 fully saturated rings. The highest BCUT2D eigenvalue weighted by molar-refractivity contribution is 14.0. The average molecular weight is 478 g/mol. The third-order valence-corrected chi connectivity index (χ3v) is 4.78. The van der Waals surface area contributed by atoms with Crippen molar-refractivity contribution in [3.8, 4) is 0 Å². The zero-order valence-electron chi connectivity index (χ0n) is 15.8. The van der Waals surface area contributed by atoms with Gasteiger partial charge in [-0.15, -0.1) is 24.0 Å². The van der Waals surface area contributed by atoms with Crippen LogP contribution in [-0.2, 0) is 13.2 Å². The normalized spacial score (nSPS) is 16.2. The molecule has 0 unspecified atom stereocenters. The Morgan fingerprint density at radius 1 is 1.31 bits per heavy atom. The summed E-state index contributed by atoms with van der Waals surface area (Å²) in [6.45, 7) is 7.00. The van der Waals surface area contributed by atoms with Crippen molar-refractivity contribution in [2.75, 3.05) is 33.2 Å². The molecule has 1 aliphatic rings. The minimum Gasteiger partial charge on any atom is -0.392 e. The second kappa shape index (κ2) is 12.5. The van der Waals surface area contributed by atoms with Crippen molar-refractivity contribution in [2.24, 2.45) is 10.9 Å². The molecule has 0 amide bonds. The number of aliphatic hydroxyl groups is 1. The lowest BCUT2D eigenvalue weighted by Gasteiger charge is -2.30. The van der Waals surface area contributed by atoms with E-state index < -0.39 is 0 Å². The minimum atomic E-state index is -0.374. The summed E-state index contributed by atoms with van der Waals surface area (Å²) >= 11 is 0. The smallest absolute Gasteiger partial charge is 0.191 e. The number of likely N-dealkylation sites (tertiary alicyclic amines) is 1. The molecule has 148 valence electrons. The van der Waals surface area contributed by atoms with Gasteiger partial charge >= 0.3 is 0 Å². The van der Waals surface area contributed by atoms with E-state index in [1.807, 2.05) is 0 Å². The summed E-state index contributed by atoms with van der Waals surface area (Å²) in [6.07, 6.45) is 3.70. The third kappa shape index (κ3) is 7.75. The molecule has 7 heteroatoms. The first-order valence-electron chi connectivity index (χ1n) is 9.17. The molecule has 0 saturated carbocycles. The van der Waals surface area contributed by atoms with Gasteiger partial charge in [0, 0.05) is 25.7 Å². The SMILES string of the molecule is CN=C(NCCCN1CCC(C)CC1)NCc1ccc(F)c(CO)c1.I. The number of benzene rings is 1. The van der Waals surface area contributed by atoms with Crippen LogP contribution in [0, 0.1) is 11.7 Å². The minimum absolute atomic E-state index is 0. The molecule has 1 aromatic carbocycles. The molecule has 1 saturated heterocycles. The maximum Gasteiger partial charge on any atom is 0.191 e. The van der Waals surface area contributed by atoms with Crippen molar-refractivity contribution in [1.29, 1.82) is 0 Å². The van der Waals surface area contributed by atoms with E-state index in [4.69, 9.17) is 5.11 Å². The highest BCUT2D eigenvalue weighted by Gasteiger charge is 2.14. The molecule has 3 N–H and O–H groups in total. The second-order valence-corrected chi connectivity index (χ2v) is 6.81. The molecular formula is C19H32FIN4O. The van der Waals surface area contributed by atoms with Crippen molar-refractivity contribution in [1.82, 2.24) is 15.5 Å². The monoisotopic (exact) mass is 478 g/mol. The zero-order valence-corrected chi connectivity index (χ0v) is 18.1. The molecule has 0 aliphatic carbocycles. The van der Waals surface area contributed by atoms with Gasteiger partial charge in [-0.2, -0.15) is 0 Å². The Labute approximate surface area is 173 Å². The van der Waals surface area contributed by atoms with Crippen LogP contribution < -0.4 is 10.6 Å². The highest BCUT2D eigenvalue weighted by Crippen LogP contribution is 2.15. The first-order chi connectivity index (χ1) is 12.1. The summed E-state index contributed by atoms with van der Waals surface area (Å²) in [5.41, 5.74) is 1.23. The Morgan fingerprint density at radius 2 is 2.04 bits per heavy atom. The molecule has 26 heavy (non-hydrogen) atoms. The van der Waals surface area contributed by atoms with Crippen LogP contribution in [0.15, 0.2) is 23.2 Å². The lowest BCUT2D eigenvalue weighted by molar-refractivity contribution is 0.191. The van der Waals surface area contributed by atoms with E-state index in [1.54, 1.807) is 19.2 Å². The van der Waals surface area contributed by atoms with Crippen molar-refractivity contribution < 1.29 is 9.50 Å². The van der Waals surface area contributed by atoms with Gasteiger partial charge in [0.2, 0.25) is 0 Å². The summed E-state index contributed by atoms with van der Waals surface area (Å²) in [6, 6.07) is 4.78. The Morgan fingerprint density at radius 3 is 2.69 bits per heavy atom.